The van der Waals surface area contributed by atoms with Crippen molar-refractivity contribution in [3.63, 3.8) is 0 Å². The second-order valence-corrected chi connectivity index (χ2v) is 25.6. The van der Waals surface area contributed by atoms with Crippen LogP contribution in [0.2, 0.25) is 0 Å². The highest BCUT2D eigenvalue weighted by Gasteiger charge is 2.18. The summed E-state index contributed by atoms with van der Waals surface area (Å²) in [5.74, 6) is -0.0527. The SMILES string of the molecule is CCCCCCCCC/C=C\CCCCCCCCCC(=O)OCCCCCCCCCCCCCC/C=C\CCCCCCCCCCCCCC(=O)NC(CO)C(O)/C=C/CCCCCCCCCCCCCCCCCCCC. The number of ether oxygens (including phenoxy) is 1. The number of carbonyl (C=O) groups is 2. The van der Waals surface area contributed by atoms with E-state index in [1.807, 2.05) is 6.08 Å². The van der Waals surface area contributed by atoms with Crippen molar-refractivity contribution in [2.45, 2.75) is 424 Å². The minimum Gasteiger partial charge on any atom is -0.466 e. The summed E-state index contributed by atoms with van der Waals surface area (Å²) >= 11 is 0. The van der Waals surface area contributed by atoms with Gasteiger partial charge in [0.1, 0.15) is 0 Å². The third-order valence-corrected chi connectivity index (χ3v) is 17.4. The van der Waals surface area contributed by atoms with Crippen molar-refractivity contribution in [3.05, 3.63) is 36.5 Å². The molecule has 2 unspecified atom stereocenters. The fourth-order valence-corrected chi connectivity index (χ4v) is 11.7. The van der Waals surface area contributed by atoms with Crippen LogP contribution < -0.4 is 5.32 Å². The summed E-state index contributed by atoms with van der Waals surface area (Å²) in [6.45, 7) is 4.94. The fraction of sp³-hybridized carbons (Fsp3) is 0.895. The molecule has 3 N–H and O–H groups in total. The van der Waals surface area contributed by atoms with Crippen molar-refractivity contribution < 1.29 is 24.5 Å². The number of allylic oxidation sites excluding steroid dienone is 5. The number of hydrogen-bond donors (Lipinski definition) is 3. The van der Waals surface area contributed by atoms with Gasteiger partial charge in [0.2, 0.25) is 5.91 Å². The van der Waals surface area contributed by atoms with Crippen LogP contribution in [0.1, 0.15) is 412 Å². The summed E-state index contributed by atoms with van der Waals surface area (Å²) < 4.78 is 5.51. The molecule has 2 atom stereocenters. The predicted molar refractivity (Wildman–Crippen MR) is 361 cm³/mol. The number of hydrogen-bond acceptors (Lipinski definition) is 5. The van der Waals surface area contributed by atoms with Gasteiger partial charge in [0.25, 0.3) is 0 Å². The van der Waals surface area contributed by atoms with Crippen molar-refractivity contribution >= 4 is 11.9 Å². The molecule has 0 bridgehead atoms. The number of aliphatic hydroxyl groups is 2. The van der Waals surface area contributed by atoms with Crippen LogP contribution in [0.15, 0.2) is 36.5 Å². The number of rotatable bonds is 70. The maximum absolute atomic E-state index is 12.5. The molecule has 0 heterocycles. The molecule has 82 heavy (non-hydrogen) atoms. The van der Waals surface area contributed by atoms with Gasteiger partial charge in [-0.15, -0.1) is 0 Å². The van der Waals surface area contributed by atoms with Crippen molar-refractivity contribution in [2.24, 2.45) is 0 Å². The van der Waals surface area contributed by atoms with Gasteiger partial charge in [-0.05, 0) is 83.5 Å². The van der Waals surface area contributed by atoms with Gasteiger partial charge in [0.15, 0.2) is 0 Å². The molecule has 1 amide bonds. The molecular formula is C76H145NO5. The minimum absolute atomic E-state index is 0.0125. The molecule has 484 valence electrons. The first-order chi connectivity index (χ1) is 40.5. The summed E-state index contributed by atoms with van der Waals surface area (Å²) in [7, 11) is 0. The molecule has 0 aromatic carbocycles. The van der Waals surface area contributed by atoms with Gasteiger partial charge >= 0.3 is 5.97 Å². The van der Waals surface area contributed by atoms with E-state index in [9.17, 15) is 19.8 Å². The van der Waals surface area contributed by atoms with Gasteiger partial charge in [-0.3, -0.25) is 9.59 Å². The molecule has 0 saturated heterocycles. The normalized spacial score (nSPS) is 12.7. The lowest BCUT2D eigenvalue weighted by Gasteiger charge is -2.20. The van der Waals surface area contributed by atoms with Crippen LogP contribution in [0.3, 0.4) is 0 Å². The van der Waals surface area contributed by atoms with Gasteiger partial charge in [-0.1, -0.05) is 352 Å². The number of amides is 1. The Morgan fingerprint density at radius 2 is 0.573 bits per heavy atom. The lowest BCUT2D eigenvalue weighted by atomic mass is 10.0. The Labute approximate surface area is 513 Å². The zero-order valence-electron chi connectivity index (χ0n) is 55.5. The van der Waals surface area contributed by atoms with Crippen molar-refractivity contribution in [1.82, 2.24) is 5.32 Å². The van der Waals surface area contributed by atoms with E-state index < -0.39 is 12.1 Å². The highest BCUT2D eigenvalue weighted by molar-refractivity contribution is 5.76. The number of aliphatic hydroxyl groups excluding tert-OH is 2. The largest absolute Gasteiger partial charge is 0.466 e. The molecule has 0 spiro atoms. The molecular weight excluding hydrogens is 1010 g/mol. The molecule has 0 aliphatic rings. The summed E-state index contributed by atoms with van der Waals surface area (Å²) in [4.78, 5) is 24.6. The number of unbranched alkanes of at least 4 members (excludes halogenated alkanes) is 55. The summed E-state index contributed by atoms with van der Waals surface area (Å²) in [5, 5.41) is 23.3. The maximum atomic E-state index is 12.5. The third kappa shape index (κ3) is 67.2. The van der Waals surface area contributed by atoms with Crippen LogP contribution in [0.5, 0.6) is 0 Å². The fourth-order valence-electron chi connectivity index (χ4n) is 11.7. The number of esters is 1. The standard InChI is InChI=1S/C76H145NO5/c1-3-5-7-9-11-13-15-17-19-21-23-33-36-40-44-48-52-56-60-64-68-74(79)73(72-78)77-75(80)69-65-61-57-53-49-45-41-37-34-31-29-27-25-24-26-28-30-32-35-39-43-47-51-55-59-63-67-71-82-76(81)70-66-62-58-54-50-46-42-38-22-20-18-16-14-12-10-8-6-4-2/h20,22,24-25,64,68,73-74,78-79H,3-19,21,23,26-63,65-67,69-72H2,1-2H3,(H,77,80)/b22-20-,25-24-,68-64+. The molecule has 6 nitrogen and oxygen atoms in total. The second-order valence-electron chi connectivity index (χ2n) is 25.6. The molecule has 0 aliphatic carbocycles. The Morgan fingerprint density at radius 1 is 0.329 bits per heavy atom. The lowest BCUT2D eigenvalue weighted by Crippen LogP contribution is -2.45. The Kier molecular flexibility index (Phi) is 69.9. The molecule has 0 aliphatic heterocycles. The molecule has 6 heteroatoms. The van der Waals surface area contributed by atoms with Crippen LogP contribution in [-0.4, -0.2) is 47.4 Å². The Morgan fingerprint density at radius 3 is 0.866 bits per heavy atom. The second kappa shape index (κ2) is 71.6. The molecule has 0 saturated carbocycles. The van der Waals surface area contributed by atoms with Gasteiger partial charge < -0.3 is 20.3 Å². The molecule has 0 radical (unpaired) electrons. The summed E-state index contributed by atoms with van der Waals surface area (Å²) in [6, 6.07) is -0.630. The summed E-state index contributed by atoms with van der Waals surface area (Å²) in [5.41, 5.74) is 0. The van der Waals surface area contributed by atoms with Gasteiger partial charge in [0.05, 0.1) is 25.4 Å². The predicted octanol–water partition coefficient (Wildman–Crippen LogP) is 24.3. The summed E-state index contributed by atoms with van der Waals surface area (Å²) in [6.07, 6.45) is 92.4. The quantitative estimate of drug-likeness (QED) is 0.0320. The van der Waals surface area contributed by atoms with Gasteiger partial charge in [-0.2, -0.15) is 0 Å². The number of nitrogens with one attached hydrogen (secondary N) is 1. The van der Waals surface area contributed by atoms with Crippen LogP contribution in [0.4, 0.5) is 0 Å². The van der Waals surface area contributed by atoms with Crippen molar-refractivity contribution in [1.29, 1.82) is 0 Å². The monoisotopic (exact) mass is 1150 g/mol. The average molecular weight is 1150 g/mol. The van der Waals surface area contributed by atoms with Crippen LogP contribution in [0.25, 0.3) is 0 Å². The Hall–Kier alpha value is -1.92. The van der Waals surface area contributed by atoms with E-state index in [4.69, 9.17) is 4.74 Å². The first kappa shape index (κ1) is 80.1. The van der Waals surface area contributed by atoms with Gasteiger partial charge in [-0.25, -0.2) is 0 Å². The number of carbonyl (C=O) groups excluding carboxylic acids is 2. The molecule has 0 aromatic heterocycles. The molecule has 0 fully saturated rings. The first-order valence-electron chi connectivity index (χ1n) is 37.3. The zero-order chi connectivity index (χ0) is 59.2. The van der Waals surface area contributed by atoms with E-state index in [1.165, 1.54) is 340 Å². The van der Waals surface area contributed by atoms with Crippen LogP contribution in [0, 0.1) is 0 Å². The van der Waals surface area contributed by atoms with Gasteiger partial charge in [0, 0.05) is 12.8 Å². The molecule has 0 rings (SSSR count). The van der Waals surface area contributed by atoms with Crippen molar-refractivity contribution in [2.75, 3.05) is 13.2 Å². The van der Waals surface area contributed by atoms with E-state index in [0.717, 1.165) is 44.9 Å². The smallest absolute Gasteiger partial charge is 0.305 e. The average Bonchev–Trinajstić information content (AvgIpc) is 3.48. The highest BCUT2D eigenvalue weighted by atomic mass is 16.5. The van der Waals surface area contributed by atoms with Crippen molar-refractivity contribution in [3.8, 4) is 0 Å². The van der Waals surface area contributed by atoms with Crippen LogP contribution >= 0.6 is 0 Å². The topological polar surface area (TPSA) is 95.9 Å². The maximum Gasteiger partial charge on any atom is 0.305 e. The molecule has 0 aromatic rings. The van der Waals surface area contributed by atoms with E-state index in [-0.39, 0.29) is 18.5 Å². The highest BCUT2D eigenvalue weighted by Crippen LogP contribution is 2.19. The minimum atomic E-state index is -0.846. The lowest BCUT2D eigenvalue weighted by molar-refractivity contribution is -0.143. The van der Waals surface area contributed by atoms with E-state index in [2.05, 4.69) is 43.5 Å². The van der Waals surface area contributed by atoms with E-state index in [1.54, 1.807) is 6.08 Å². The Bertz CT molecular complexity index is 1330. The Balaban J connectivity index is 3.40. The third-order valence-electron chi connectivity index (χ3n) is 17.4. The zero-order valence-corrected chi connectivity index (χ0v) is 55.5. The van der Waals surface area contributed by atoms with E-state index >= 15 is 0 Å². The van der Waals surface area contributed by atoms with Crippen LogP contribution in [-0.2, 0) is 14.3 Å². The first-order valence-corrected chi connectivity index (χ1v) is 37.3. The van der Waals surface area contributed by atoms with E-state index in [0.29, 0.717) is 19.4 Å².